The molecular weight excluding hydrogens is 520 g/mol. The molecule has 1 aliphatic rings. The fourth-order valence-electron chi connectivity index (χ4n) is 4.20. The molecule has 0 radical (unpaired) electrons. The zero-order valence-electron chi connectivity index (χ0n) is 24.1. The number of carbonyl (C=O) groups excluding carboxylic acids is 3. The Labute approximate surface area is 234 Å². The first kappa shape index (κ1) is 30.3. The van der Waals surface area contributed by atoms with Crippen LogP contribution in [0.3, 0.4) is 0 Å². The summed E-state index contributed by atoms with van der Waals surface area (Å²) in [5.41, 5.74) is 1.44. The number of amides is 1. The predicted molar refractivity (Wildman–Crippen MR) is 152 cm³/mol. The number of rotatable bonds is 7. The lowest BCUT2D eigenvalue weighted by Crippen LogP contribution is -2.44. The van der Waals surface area contributed by atoms with Crippen LogP contribution in [0.4, 0.5) is 10.5 Å². The summed E-state index contributed by atoms with van der Waals surface area (Å²) >= 11 is 1.26. The minimum absolute atomic E-state index is 0.210. The van der Waals surface area contributed by atoms with Gasteiger partial charge in [-0.25, -0.2) is 14.4 Å². The second kappa shape index (κ2) is 12.3. The van der Waals surface area contributed by atoms with E-state index in [2.05, 4.69) is 5.32 Å². The van der Waals surface area contributed by atoms with E-state index in [-0.39, 0.29) is 18.7 Å². The first-order chi connectivity index (χ1) is 18.2. The molecule has 9 nitrogen and oxygen atoms in total. The minimum atomic E-state index is -0.639. The number of esters is 2. The van der Waals surface area contributed by atoms with E-state index >= 15 is 0 Å². The highest BCUT2D eigenvalue weighted by Gasteiger charge is 2.28. The number of nitrogens with one attached hydrogen (secondary N) is 1. The molecule has 0 aliphatic carbocycles. The number of anilines is 1. The van der Waals surface area contributed by atoms with Gasteiger partial charge in [0.05, 0.1) is 7.11 Å². The van der Waals surface area contributed by atoms with E-state index in [0.717, 1.165) is 34.5 Å². The van der Waals surface area contributed by atoms with Crippen LogP contribution >= 0.6 is 11.3 Å². The fourth-order valence-corrected chi connectivity index (χ4v) is 5.36. The van der Waals surface area contributed by atoms with Gasteiger partial charge in [0.15, 0.2) is 11.5 Å². The number of ether oxygens (including phenoxy) is 4. The maximum Gasteiger partial charge on any atom is 0.410 e. The molecule has 2 aromatic rings. The van der Waals surface area contributed by atoms with Gasteiger partial charge in [-0.1, -0.05) is 12.1 Å². The van der Waals surface area contributed by atoms with Crippen molar-refractivity contribution in [1.82, 2.24) is 4.90 Å². The van der Waals surface area contributed by atoms with Crippen LogP contribution in [-0.4, -0.2) is 67.0 Å². The number of hydrogen-bond donors (Lipinski definition) is 1. The van der Waals surface area contributed by atoms with Crippen LogP contribution in [0, 0.1) is 6.92 Å². The number of likely N-dealkylation sites (tertiary alicyclic amines) is 1. The molecule has 1 fully saturated rings. The molecule has 3 rings (SSSR count). The molecule has 0 spiro atoms. The lowest BCUT2D eigenvalue weighted by molar-refractivity contribution is -0.157. The summed E-state index contributed by atoms with van der Waals surface area (Å²) in [4.78, 5) is 40.0. The standard InChI is InChI=1S/C29H40N2O7S/c1-18-23(36-17-22(32)37-28(2,3)4)25(26(33)35-8)39-24(18)19-10-9-11-21(16-19)30-20-12-14-31(15-13-20)27(34)38-29(5,6)7/h9-11,16,20,30H,12-15,17H2,1-8H3. The van der Waals surface area contributed by atoms with Gasteiger partial charge in [0.1, 0.15) is 17.0 Å². The van der Waals surface area contributed by atoms with Crippen molar-refractivity contribution in [3.05, 3.63) is 34.7 Å². The van der Waals surface area contributed by atoms with Gasteiger partial charge in [0.2, 0.25) is 0 Å². The van der Waals surface area contributed by atoms with Crippen molar-refractivity contribution in [1.29, 1.82) is 0 Å². The molecular formula is C29H40N2O7S. The summed E-state index contributed by atoms with van der Waals surface area (Å²) in [6, 6.07) is 8.15. The second-order valence-corrected chi connectivity index (χ2v) is 12.6. The van der Waals surface area contributed by atoms with Gasteiger partial charge >= 0.3 is 18.0 Å². The summed E-state index contributed by atoms with van der Waals surface area (Å²) in [5, 5.41) is 3.58. The lowest BCUT2D eigenvalue weighted by Gasteiger charge is -2.34. The van der Waals surface area contributed by atoms with Crippen molar-refractivity contribution in [3.8, 4) is 16.2 Å². The van der Waals surface area contributed by atoms with Gasteiger partial charge in [0.25, 0.3) is 0 Å². The minimum Gasteiger partial charge on any atom is -0.480 e. The van der Waals surface area contributed by atoms with E-state index in [9.17, 15) is 14.4 Å². The van der Waals surface area contributed by atoms with Gasteiger partial charge in [-0.05, 0) is 79.0 Å². The summed E-state index contributed by atoms with van der Waals surface area (Å²) in [6.45, 7) is 13.7. The molecule has 39 heavy (non-hydrogen) atoms. The molecule has 214 valence electrons. The molecule has 1 aromatic carbocycles. The average Bonchev–Trinajstić information content (AvgIpc) is 3.16. The fraction of sp³-hybridized carbons (Fsp3) is 0.552. The van der Waals surface area contributed by atoms with E-state index in [4.69, 9.17) is 18.9 Å². The highest BCUT2D eigenvalue weighted by Crippen LogP contribution is 2.42. The number of nitrogens with zero attached hydrogens (tertiary/aromatic N) is 1. The van der Waals surface area contributed by atoms with Gasteiger partial charge in [-0.15, -0.1) is 11.3 Å². The molecule has 0 atom stereocenters. The van der Waals surface area contributed by atoms with E-state index in [1.807, 2.05) is 52.0 Å². The lowest BCUT2D eigenvalue weighted by atomic mass is 10.0. The van der Waals surface area contributed by atoms with Gasteiger partial charge in [-0.3, -0.25) is 0 Å². The van der Waals surface area contributed by atoms with Crippen molar-refractivity contribution in [3.63, 3.8) is 0 Å². The summed E-state index contributed by atoms with van der Waals surface area (Å²) in [5.74, 6) is -0.727. The van der Waals surface area contributed by atoms with E-state index in [0.29, 0.717) is 23.7 Å². The SMILES string of the molecule is COC(=O)c1sc(-c2cccc(NC3CCN(C(=O)OC(C)(C)C)CC3)c2)c(C)c1OCC(=O)OC(C)(C)C. The Morgan fingerprint density at radius 1 is 1.03 bits per heavy atom. The Morgan fingerprint density at radius 2 is 1.67 bits per heavy atom. The van der Waals surface area contributed by atoms with Crippen LogP contribution in [-0.2, 0) is 19.0 Å². The first-order valence-corrected chi connectivity index (χ1v) is 13.9. The molecule has 0 unspecified atom stereocenters. The van der Waals surface area contributed by atoms with Gasteiger partial charge in [-0.2, -0.15) is 0 Å². The maximum absolute atomic E-state index is 12.5. The zero-order valence-corrected chi connectivity index (χ0v) is 25.0. The molecule has 1 N–H and O–H groups in total. The zero-order chi connectivity index (χ0) is 29.0. The van der Waals surface area contributed by atoms with Crippen molar-refractivity contribution < 1.29 is 33.3 Å². The number of methoxy groups -OCH3 is 1. The smallest absolute Gasteiger partial charge is 0.410 e. The molecule has 10 heteroatoms. The van der Waals surface area contributed by atoms with Crippen molar-refractivity contribution in [2.75, 3.05) is 32.1 Å². The molecule has 2 heterocycles. The maximum atomic E-state index is 12.5. The van der Waals surface area contributed by atoms with Crippen LogP contribution in [0.1, 0.15) is 69.6 Å². The van der Waals surface area contributed by atoms with E-state index in [1.165, 1.54) is 18.4 Å². The Kier molecular flexibility index (Phi) is 9.53. The monoisotopic (exact) mass is 560 g/mol. The Balaban J connectivity index is 1.72. The summed E-state index contributed by atoms with van der Waals surface area (Å²) < 4.78 is 21.6. The Bertz CT molecular complexity index is 1190. The highest BCUT2D eigenvalue weighted by atomic mass is 32.1. The van der Waals surface area contributed by atoms with Gasteiger partial charge < -0.3 is 29.2 Å². The number of thiophene rings is 1. The molecule has 0 bridgehead atoms. The van der Waals surface area contributed by atoms with Crippen molar-refractivity contribution in [2.24, 2.45) is 0 Å². The molecule has 1 aliphatic heterocycles. The predicted octanol–water partition coefficient (Wildman–Crippen LogP) is 6.04. The number of piperidine rings is 1. The average molecular weight is 561 g/mol. The number of carbonyl (C=O) groups is 3. The van der Waals surface area contributed by atoms with Crippen LogP contribution in [0.2, 0.25) is 0 Å². The molecule has 0 saturated carbocycles. The first-order valence-electron chi connectivity index (χ1n) is 13.1. The van der Waals surface area contributed by atoms with Crippen LogP contribution in [0.5, 0.6) is 5.75 Å². The molecule has 1 amide bonds. The Hall–Kier alpha value is -3.27. The van der Waals surface area contributed by atoms with Crippen LogP contribution < -0.4 is 10.1 Å². The third-order valence-corrected chi connectivity index (χ3v) is 7.16. The third-order valence-electron chi connectivity index (χ3n) is 5.86. The van der Waals surface area contributed by atoms with Crippen molar-refractivity contribution in [2.45, 2.75) is 78.6 Å². The molecule has 1 saturated heterocycles. The highest BCUT2D eigenvalue weighted by molar-refractivity contribution is 7.18. The quantitative estimate of drug-likeness (QED) is 0.323. The van der Waals surface area contributed by atoms with Gasteiger partial charge in [0, 0.05) is 35.3 Å². The van der Waals surface area contributed by atoms with Crippen LogP contribution in [0.25, 0.3) is 10.4 Å². The van der Waals surface area contributed by atoms with E-state index in [1.54, 1.807) is 25.7 Å². The normalized spacial score (nSPS) is 14.5. The number of benzene rings is 1. The number of hydrogen-bond acceptors (Lipinski definition) is 9. The van der Waals surface area contributed by atoms with E-state index < -0.39 is 23.1 Å². The Morgan fingerprint density at radius 3 is 2.26 bits per heavy atom. The summed E-state index contributed by atoms with van der Waals surface area (Å²) in [6.07, 6.45) is 1.33. The van der Waals surface area contributed by atoms with Crippen molar-refractivity contribution >= 4 is 35.1 Å². The topological polar surface area (TPSA) is 103 Å². The second-order valence-electron chi connectivity index (χ2n) is 11.5. The third kappa shape index (κ3) is 8.61. The summed E-state index contributed by atoms with van der Waals surface area (Å²) in [7, 11) is 1.31. The molecule has 1 aromatic heterocycles. The van der Waals surface area contributed by atoms with Crippen LogP contribution in [0.15, 0.2) is 24.3 Å². The largest absolute Gasteiger partial charge is 0.480 e.